The van der Waals surface area contributed by atoms with Gasteiger partial charge in [0.2, 0.25) is 0 Å². The van der Waals surface area contributed by atoms with Crippen molar-refractivity contribution in [3.8, 4) is 0 Å². The number of nitrogens with one attached hydrogen (secondary N) is 1. The first kappa shape index (κ1) is 13.3. The van der Waals surface area contributed by atoms with Crippen LogP contribution in [0.5, 0.6) is 0 Å². The lowest BCUT2D eigenvalue weighted by Gasteiger charge is -2.16. The van der Waals surface area contributed by atoms with E-state index in [0.717, 1.165) is 15.9 Å². The van der Waals surface area contributed by atoms with E-state index in [1.165, 1.54) is 10.8 Å². The van der Waals surface area contributed by atoms with Gasteiger partial charge in [0.25, 0.3) is 0 Å². The minimum Gasteiger partial charge on any atom is -0.336 e. The summed E-state index contributed by atoms with van der Waals surface area (Å²) in [5, 5.41) is 2.37. The van der Waals surface area contributed by atoms with Gasteiger partial charge in [-0.3, -0.25) is 5.84 Å². The average molecular weight is 331 g/mol. The minimum atomic E-state index is -0.122. The predicted octanol–water partition coefficient (Wildman–Crippen LogP) is 2.89. The maximum atomic E-state index is 5.72. The second-order valence-electron chi connectivity index (χ2n) is 4.75. The van der Waals surface area contributed by atoms with E-state index in [-0.39, 0.29) is 6.04 Å². The molecule has 1 heterocycles. The number of aromatic nitrogens is 2. The van der Waals surface area contributed by atoms with Crippen LogP contribution in [-0.2, 0) is 7.05 Å². The predicted molar refractivity (Wildman–Crippen MR) is 84.0 cm³/mol. The summed E-state index contributed by atoms with van der Waals surface area (Å²) >= 11 is 3.49. The van der Waals surface area contributed by atoms with Gasteiger partial charge in [0.15, 0.2) is 0 Å². The topological polar surface area (TPSA) is 55.9 Å². The van der Waals surface area contributed by atoms with Gasteiger partial charge < -0.3 is 4.57 Å². The third kappa shape index (κ3) is 2.35. The smallest absolute Gasteiger partial charge is 0.131 e. The number of rotatable bonds is 3. The van der Waals surface area contributed by atoms with Crippen LogP contribution in [0, 0.1) is 0 Å². The first-order chi connectivity index (χ1) is 9.69. The average Bonchev–Trinajstić information content (AvgIpc) is 2.86. The van der Waals surface area contributed by atoms with Crippen LogP contribution in [0.2, 0.25) is 0 Å². The first-order valence-electron chi connectivity index (χ1n) is 6.31. The molecule has 4 nitrogen and oxygen atoms in total. The van der Waals surface area contributed by atoms with Gasteiger partial charge in [-0.15, -0.1) is 0 Å². The van der Waals surface area contributed by atoms with Crippen molar-refractivity contribution in [1.82, 2.24) is 15.0 Å². The molecule has 102 valence electrons. The third-order valence-corrected chi connectivity index (χ3v) is 3.94. The largest absolute Gasteiger partial charge is 0.336 e. The second-order valence-corrected chi connectivity index (χ2v) is 5.66. The lowest BCUT2D eigenvalue weighted by atomic mass is 10.0. The van der Waals surface area contributed by atoms with Crippen LogP contribution < -0.4 is 11.3 Å². The molecule has 1 aromatic heterocycles. The van der Waals surface area contributed by atoms with Gasteiger partial charge in [0.1, 0.15) is 11.9 Å². The van der Waals surface area contributed by atoms with E-state index in [1.54, 1.807) is 6.20 Å². The zero-order valence-electron chi connectivity index (χ0n) is 11.0. The van der Waals surface area contributed by atoms with Gasteiger partial charge >= 0.3 is 0 Å². The highest BCUT2D eigenvalue weighted by atomic mass is 79.9. The molecule has 0 aliphatic carbocycles. The van der Waals surface area contributed by atoms with E-state index in [1.807, 2.05) is 23.9 Å². The molecule has 0 radical (unpaired) electrons. The molecule has 0 fully saturated rings. The zero-order valence-corrected chi connectivity index (χ0v) is 12.6. The molecule has 5 heteroatoms. The van der Waals surface area contributed by atoms with Crippen LogP contribution in [0.25, 0.3) is 10.8 Å². The Labute approximate surface area is 125 Å². The number of halogens is 1. The fourth-order valence-corrected chi connectivity index (χ4v) is 2.77. The fraction of sp³-hybridized carbons (Fsp3) is 0.133. The summed E-state index contributed by atoms with van der Waals surface area (Å²) in [6.07, 6.45) is 3.69. The van der Waals surface area contributed by atoms with Crippen molar-refractivity contribution in [2.24, 2.45) is 12.9 Å². The standard InChI is InChI=1S/C15H15BrN4/c1-20-7-6-18-15(20)14(19-17)12-3-2-11-9-13(16)5-4-10(11)8-12/h2-9,14,19H,17H2,1H3. The number of nitrogens with zero attached hydrogens (tertiary/aromatic N) is 2. The monoisotopic (exact) mass is 330 g/mol. The number of imidazole rings is 1. The van der Waals surface area contributed by atoms with Crippen LogP contribution >= 0.6 is 15.9 Å². The Morgan fingerprint density at radius 1 is 1.20 bits per heavy atom. The molecule has 0 aliphatic heterocycles. The molecule has 0 bridgehead atoms. The number of fused-ring (bicyclic) bond motifs is 1. The summed E-state index contributed by atoms with van der Waals surface area (Å²) in [4.78, 5) is 4.37. The number of hydrogen-bond acceptors (Lipinski definition) is 3. The normalized spacial score (nSPS) is 12.8. The Morgan fingerprint density at radius 3 is 2.65 bits per heavy atom. The van der Waals surface area contributed by atoms with E-state index in [4.69, 9.17) is 5.84 Å². The van der Waals surface area contributed by atoms with E-state index >= 15 is 0 Å². The molecular weight excluding hydrogens is 316 g/mol. The third-order valence-electron chi connectivity index (χ3n) is 3.44. The number of hydrogen-bond donors (Lipinski definition) is 2. The summed E-state index contributed by atoms with van der Waals surface area (Å²) in [6.45, 7) is 0. The van der Waals surface area contributed by atoms with E-state index in [0.29, 0.717) is 0 Å². The minimum absolute atomic E-state index is 0.122. The molecule has 3 rings (SSSR count). The molecule has 0 aliphatic rings. The van der Waals surface area contributed by atoms with Gasteiger partial charge in [-0.2, -0.15) is 0 Å². The first-order valence-corrected chi connectivity index (χ1v) is 7.11. The Morgan fingerprint density at radius 2 is 1.95 bits per heavy atom. The molecule has 0 spiro atoms. The Bertz CT molecular complexity index is 750. The molecule has 1 atom stereocenters. The van der Waals surface area contributed by atoms with E-state index in [2.05, 4.69) is 56.7 Å². The fourth-order valence-electron chi connectivity index (χ4n) is 2.39. The Balaban J connectivity index is 2.08. The molecule has 3 aromatic rings. The quantitative estimate of drug-likeness (QED) is 0.573. The molecule has 0 amide bonds. The number of benzene rings is 2. The van der Waals surface area contributed by atoms with E-state index < -0.39 is 0 Å². The lowest BCUT2D eigenvalue weighted by molar-refractivity contribution is 0.580. The summed E-state index contributed by atoms with van der Waals surface area (Å²) < 4.78 is 3.05. The Hall–Kier alpha value is -1.69. The molecule has 0 saturated carbocycles. The number of nitrogens with two attached hydrogens (primary N) is 1. The van der Waals surface area contributed by atoms with Crippen LogP contribution in [0.1, 0.15) is 17.4 Å². The van der Waals surface area contributed by atoms with Gasteiger partial charge in [0.05, 0.1) is 0 Å². The van der Waals surface area contributed by atoms with Gasteiger partial charge in [0, 0.05) is 23.9 Å². The maximum absolute atomic E-state index is 5.72. The van der Waals surface area contributed by atoms with Crippen molar-refractivity contribution in [2.45, 2.75) is 6.04 Å². The second kappa shape index (κ2) is 5.36. The number of hydrazine groups is 1. The summed E-state index contributed by atoms with van der Waals surface area (Å²) in [5.74, 6) is 6.61. The maximum Gasteiger partial charge on any atom is 0.131 e. The van der Waals surface area contributed by atoms with Crippen molar-refractivity contribution in [3.63, 3.8) is 0 Å². The Kier molecular flexibility index (Phi) is 3.56. The highest BCUT2D eigenvalue weighted by molar-refractivity contribution is 9.10. The van der Waals surface area contributed by atoms with Crippen LogP contribution in [0.15, 0.2) is 53.3 Å². The molecule has 0 saturated heterocycles. The molecular formula is C15H15BrN4. The van der Waals surface area contributed by atoms with Crippen molar-refractivity contribution >= 4 is 26.7 Å². The highest BCUT2D eigenvalue weighted by Gasteiger charge is 2.16. The van der Waals surface area contributed by atoms with Crippen molar-refractivity contribution in [2.75, 3.05) is 0 Å². The zero-order chi connectivity index (χ0) is 14.1. The lowest BCUT2D eigenvalue weighted by Crippen LogP contribution is -2.30. The SMILES string of the molecule is Cn1ccnc1C(NN)c1ccc2cc(Br)ccc2c1. The number of aryl methyl sites for hydroxylation is 1. The van der Waals surface area contributed by atoms with Crippen molar-refractivity contribution in [3.05, 3.63) is 64.7 Å². The van der Waals surface area contributed by atoms with Gasteiger partial charge in [-0.05, 0) is 34.5 Å². The molecule has 20 heavy (non-hydrogen) atoms. The van der Waals surface area contributed by atoms with Gasteiger partial charge in [-0.1, -0.05) is 34.1 Å². The van der Waals surface area contributed by atoms with Crippen LogP contribution in [0.4, 0.5) is 0 Å². The van der Waals surface area contributed by atoms with Crippen LogP contribution in [-0.4, -0.2) is 9.55 Å². The van der Waals surface area contributed by atoms with Crippen LogP contribution in [0.3, 0.4) is 0 Å². The highest BCUT2D eigenvalue weighted by Crippen LogP contribution is 2.26. The van der Waals surface area contributed by atoms with E-state index in [9.17, 15) is 0 Å². The summed E-state index contributed by atoms with van der Waals surface area (Å²) in [5.41, 5.74) is 3.94. The van der Waals surface area contributed by atoms with Crippen molar-refractivity contribution in [1.29, 1.82) is 0 Å². The molecule has 2 aromatic carbocycles. The summed E-state index contributed by atoms with van der Waals surface area (Å²) in [6, 6.07) is 12.4. The molecule has 3 N–H and O–H groups in total. The van der Waals surface area contributed by atoms with Gasteiger partial charge in [-0.25, -0.2) is 10.4 Å². The summed E-state index contributed by atoms with van der Waals surface area (Å²) in [7, 11) is 1.96. The molecule has 1 unspecified atom stereocenters. The van der Waals surface area contributed by atoms with Crippen molar-refractivity contribution < 1.29 is 0 Å².